The molecule has 0 aliphatic carbocycles. The first-order chi connectivity index (χ1) is 22.8. The zero-order valence-electron chi connectivity index (χ0n) is 25.3. The van der Waals surface area contributed by atoms with Gasteiger partial charge in [-0.15, -0.1) is 11.8 Å². The highest BCUT2D eigenvalue weighted by molar-refractivity contribution is 8.00. The molecule has 3 amide bonds. The molecular weight excluding hydrogens is 612 g/mol. The van der Waals surface area contributed by atoms with Crippen molar-refractivity contribution in [1.82, 2.24) is 5.32 Å². The van der Waals surface area contributed by atoms with Crippen LogP contribution in [0.3, 0.4) is 0 Å². The van der Waals surface area contributed by atoms with E-state index in [0.717, 1.165) is 16.3 Å². The van der Waals surface area contributed by atoms with E-state index in [1.807, 2.05) is 79.7 Å². The number of hydrogen-bond donors (Lipinski definition) is 2. The van der Waals surface area contributed by atoms with E-state index in [1.165, 1.54) is 42.1 Å². The minimum Gasteiger partial charge on any atom is -0.321 e. The number of hydrogen-bond acceptors (Lipinski definition) is 6. The van der Waals surface area contributed by atoms with Crippen molar-refractivity contribution in [2.45, 2.75) is 17.1 Å². The highest BCUT2D eigenvalue weighted by atomic mass is 32.2. The van der Waals surface area contributed by atoms with Crippen molar-refractivity contribution in [1.29, 1.82) is 0 Å². The summed E-state index contributed by atoms with van der Waals surface area (Å²) in [6.07, 6.45) is 1.45. The molecule has 5 rings (SSSR count). The topological polar surface area (TPSA) is 122 Å². The van der Waals surface area contributed by atoms with Crippen LogP contribution in [0.4, 0.5) is 22.7 Å². The van der Waals surface area contributed by atoms with E-state index in [9.17, 15) is 24.5 Å². The summed E-state index contributed by atoms with van der Waals surface area (Å²) < 4.78 is 0. The standard InChI is InChI=1S/C37H30N4O5S/c1-26(37(44)40(30-13-7-3-8-14-30)31-15-9-4-10-16-31)47-33-23-19-29(20-24-33)38-36(43)34(39-35(42)28-11-5-2-6-12-28)25-27-17-21-32(22-18-27)41(45)46/h2-26H,1H3,(H,38,43)(H,39,42)/b34-25-. The number of nitro groups is 1. The number of amides is 3. The van der Waals surface area contributed by atoms with Crippen molar-refractivity contribution in [2.75, 3.05) is 10.2 Å². The summed E-state index contributed by atoms with van der Waals surface area (Å²) in [6, 6.07) is 40.1. The van der Waals surface area contributed by atoms with Gasteiger partial charge in [0.05, 0.1) is 10.2 Å². The number of nitrogens with one attached hydrogen (secondary N) is 2. The number of rotatable bonds is 11. The van der Waals surface area contributed by atoms with Gasteiger partial charge in [0.15, 0.2) is 0 Å². The third-order valence-electron chi connectivity index (χ3n) is 6.97. The summed E-state index contributed by atoms with van der Waals surface area (Å²) in [7, 11) is 0. The maximum atomic E-state index is 13.7. The maximum Gasteiger partial charge on any atom is 0.272 e. The van der Waals surface area contributed by atoms with Gasteiger partial charge >= 0.3 is 0 Å². The number of carbonyl (C=O) groups excluding carboxylic acids is 3. The summed E-state index contributed by atoms with van der Waals surface area (Å²) in [5.41, 5.74) is 2.71. The van der Waals surface area contributed by atoms with Crippen LogP contribution in [0.5, 0.6) is 0 Å². The van der Waals surface area contributed by atoms with Gasteiger partial charge in [0.1, 0.15) is 5.70 Å². The monoisotopic (exact) mass is 642 g/mol. The van der Waals surface area contributed by atoms with E-state index >= 15 is 0 Å². The lowest BCUT2D eigenvalue weighted by molar-refractivity contribution is -0.384. The lowest BCUT2D eigenvalue weighted by Gasteiger charge is -2.26. The third kappa shape index (κ3) is 8.59. The quantitative estimate of drug-likeness (QED) is 0.0655. The van der Waals surface area contributed by atoms with Gasteiger partial charge in [-0.05, 0) is 91.4 Å². The molecule has 0 fully saturated rings. The fraction of sp³-hybridized carbons (Fsp3) is 0.0541. The SMILES string of the molecule is CC(Sc1ccc(NC(=O)/C(=C/c2ccc([N+](=O)[O-])cc2)NC(=O)c2ccccc2)cc1)C(=O)N(c1ccccc1)c1ccccc1. The van der Waals surface area contributed by atoms with Crippen molar-refractivity contribution in [3.8, 4) is 0 Å². The second kappa shape index (κ2) is 15.3. The van der Waals surface area contributed by atoms with E-state index in [4.69, 9.17) is 0 Å². The molecule has 9 nitrogen and oxygen atoms in total. The number of non-ortho nitro benzene ring substituents is 1. The van der Waals surface area contributed by atoms with Crippen LogP contribution in [0.15, 0.2) is 150 Å². The van der Waals surface area contributed by atoms with Gasteiger partial charge in [0.25, 0.3) is 17.5 Å². The number of thioether (sulfide) groups is 1. The molecule has 1 atom stereocenters. The van der Waals surface area contributed by atoms with Crippen molar-refractivity contribution < 1.29 is 19.3 Å². The minimum atomic E-state index is -0.585. The fourth-order valence-electron chi connectivity index (χ4n) is 4.61. The van der Waals surface area contributed by atoms with E-state index in [-0.39, 0.29) is 17.3 Å². The van der Waals surface area contributed by atoms with Crippen molar-refractivity contribution >= 4 is 58.3 Å². The molecule has 0 bridgehead atoms. The van der Waals surface area contributed by atoms with Crippen molar-refractivity contribution in [3.05, 3.63) is 166 Å². The molecule has 0 radical (unpaired) electrons. The first kappa shape index (κ1) is 32.4. The first-order valence-electron chi connectivity index (χ1n) is 14.6. The molecule has 0 aromatic heterocycles. The Bertz CT molecular complexity index is 1840. The van der Waals surface area contributed by atoms with Crippen LogP contribution >= 0.6 is 11.8 Å². The van der Waals surface area contributed by atoms with E-state index < -0.39 is 22.0 Å². The van der Waals surface area contributed by atoms with E-state index in [1.54, 1.807) is 47.4 Å². The fourth-order valence-corrected chi connectivity index (χ4v) is 5.52. The Morgan fingerprint density at radius 1 is 0.745 bits per heavy atom. The number of para-hydroxylation sites is 2. The average Bonchev–Trinajstić information content (AvgIpc) is 3.10. The Balaban J connectivity index is 1.30. The summed E-state index contributed by atoms with van der Waals surface area (Å²) >= 11 is 1.39. The zero-order chi connectivity index (χ0) is 33.2. The number of anilines is 3. The van der Waals surface area contributed by atoms with Crippen molar-refractivity contribution in [2.24, 2.45) is 0 Å². The van der Waals surface area contributed by atoms with Crippen LogP contribution < -0.4 is 15.5 Å². The van der Waals surface area contributed by atoms with Gasteiger partial charge in [0.2, 0.25) is 5.91 Å². The minimum absolute atomic E-state index is 0.0488. The van der Waals surface area contributed by atoms with Gasteiger partial charge in [-0.25, -0.2) is 0 Å². The average molecular weight is 643 g/mol. The van der Waals surface area contributed by atoms with Gasteiger partial charge < -0.3 is 10.6 Å². The van der Waals surface area contributed by atoms with Crippen LogP contribution in [0.2, 0.25) is 0 Å². The van der Waals surface area contributed by atoms with Crippen LogP contribution in [0, 0.1) is 10.1 Å². The zero-order valence-corrected chi connectivity index (χ0v) is 26.1. The molecule has 5 aromatic carbocycles. The van der Waals surface area contributed by atoms with Crippen LogP contribution in [0.1, 0.15) is 22.8 Å². The second-order valence-electron chi connectivity index (χ2n) is 10.3. The van der Waals surface area contributed by atoms with Crippen LogP contribution in [0.25, 0.3) is 6.08 Å². The van der Waals surface area contributed by atoms with Crippen LogP contribution in [-0.4, -0.2) is 27.9 Å². The highest BCUT2D eigenvalue weighted by Gasteiger charge is 2.24. The number of carbonyl (C=O) groups is 3. The third-order valence-corrected chi connectivity index (χ3v) is 8.07. The van der Waals surface area contributed by atoms with Gasteiger partial charge in [-0.3, -0.25) is 29.4 Å². The number of benzene rings is 5. The summed E-state index contributed by atoms with van der Waals surface area (Å²) in [5, 5.41) is 16.1. The normalized spacial score (nSPS) is 11.6. The molecular formula is C37H30N4O5S. The predicted octanol–water partition coefficient (Wildman–Crippen LogP) is 7.85. The molecule has 0 saturated carbocycles. The Hall–Kier alpha value is -6.00. The predicted molar refractivity (Wildman–Crippen MR) is 185 cm³/mol. The number of nitro benzene ring substituents is 1. The van der Waals surface area contributed by atoms with Gasteiger partial charge in [-0.2, -0.15) is 0 Å². The number of nitrogens with zero attached hydrogens (tertiary/aromatic N) is 2. The Morgan fingerprint density at radius 3 is 1.81 bits per heavy atom. The van der Waals surface area contributed by atoms with E-state index in [2.05, 4.69) is 10.6 Å². The molecule has 0 heterocycles. The second-order valence-corrected chi connectivity index (χ2v) is 11.7. The molecule has 5 aromatic rings. The molecule has 234 valence electrons. The van der Waals surface area contributed by atoms with Crippen LogP contribution in [-0.2, 0) is 9.59 Å². The van der Waals surface area contributed by atoms with E-state index in [0.29, 0.717) is 16.8 Å². The lowest BCUT2D eigenvalue weighted by Crippen LogP contribution is -2.32. The van der Waals surface area contributed by atoms with Gasteiger partial charge in [0, 0.05) is 39.7 Å². The summed E-state index contributed by atoms with van der Waals surface area (Å²) in [5.74, 6) is -1.16. The maximum absolute atomic E-state index is 13.7. The lowest BCUT2D eigenvalue weighted by atomic mass is 10.1. The molecule has 1 unspecified atom stereocenters. The summed E-state index contributed by atoms with van der Waals surface area (Å²) in [6.45, 7) is 1.85. The Labute approximate surface area is 276 Å². The molecule has 0 saturated heterocycles. The molecule has 47 heavy (non-hydrogen) atoms. The molecule has 0 aliphatic heterocycles. The molecule has 2 N–H and O–H groups in total. The first-order valence-corrected chi connectivity index (χ1v) is 15.5. The van der Waals surface area contributed by atoms with Gasteiger partial charge in [-0.1, -0.05) is 54.6 Å². The molecule has 10 heteroatoms. The summed E-state index contributed by atoms with van der Waals surface area (Å²) in [4.78, 5) is 53.1. The Morgan fingerprint density at radius 2 is 1.28 bits per heavy atom. The molecule has 0 aliphatic rings. The highest BCUT2D eigenvalue weighted by Crippen LogP contribution is 2.31. The van der Waals surface area contributed by atoms with Crippen molar-refractivity contribution in [3.63, 3.8) is 0 Å². The smallest absolute Gasteiger partial charge is 0.272 e. The Kier molecular flexibility index (Phi) is 10.6. The largest absolute Gasteiger partial charge is 0.321 e. The molecule has 0 spiro atoms.